The molecule has 1 atom stereocenters. The molecule has 0 aliphatic carbocycles. The van der Waals surface area contributed by atoms with Gasteiger partial charge in [-0.3, -0.25) is 9.48 Å². The van der Waals surface area contributed by atoms with E-state index in [1.165, 1.54) is 0 Å². The molecule has 0 spiro atoms. The van der Waals surface area contributed by atoms with Crippen LogP contribution in [-0.2, 0) is 7.05 Å². The Kier molecular flexibility index (Phi) is 3.24. The minimum atomic E-state index is 0.0496. The minimum Gasteiger partial charge on any atom is -0.396 e. The fourth-order valence-corrected chi connectivity index (χ4v) is 2.15. The first-order chi connectivity index (χ1) is 7.70. The number of rotatable bonds is 3. The van der Waals surface area contributed by atoms with E-state index in [2.05, 4.69) is 5.10 Å². The Bertz CT molecular complexity index is 375. The molecule has 0 radical (unpaired) electrons. The Hall–Kier alpha value is -1.36. The smallest absolute Gasteiger partial charge is 0.257 e. The van der Waals surface area contributed by atoms with Crippen LogP contribution in [0.2, 0.25) is 0 Å². The van der Waals surface area contributed by atoms with Crippen molar-refractivity contribution in [3.8, 4) is 0 Å². The van der Waals surface area contributed by atoms with Crippen LogP contribution in [0.1, 0.15) is 23.2 Å². The minimum absolute atomic E-state index is 0.0496. The average Bonchev–Trinajstić information content (AvgIpc) is 2.87. The quantitative estimate of drug-likeness (QED) is 0.800. The van der Waals surface area contributed by atoms with Crippen molar-refractivity contribution >= 4 is 5.91 Å². The molecule has 1 aromatic heterocycles. The molecule has 0 aromatic carbocycles. The molecule has 0 bridgehead atoms. The van der Waals surface area contributed by atoms with E-state index in [0.29, 0.717) is 11.5 Å². The Morgan fingerprint density at radius 2 is 2.50 bits per heavy atom. The van der Waals surface area contributed by atoms with Crippen LogP contribution in [-0.4, -0.2) is 45.4 Å². The topological polar surface area (TPSA) is 58.4 Å². The highest BCUT2D eigenvalue weighted by molar-refractivity contribution is 5.93. The Morgan fingerprint density at radius 3 is 3.12 bits per heavy atom. The highest BCUT2D eigenvalue weighted by Gasteiger charge is 2.26. The molecule has 2 heterocycles. The van der Waals surface area contributed by atoms with E-state index in [-0.39, 0.29) is 12.5 Å². The molecule has 1 aliphatic heterocycles. The first-order valence-corrected chi connectivity index (χ1v) is 5.59. The summed E-state index contributed by atoms with van der Waals surface area (Å²) in [5.74, 6) is 0.499. The van der Waals surface area contributed by atoms with Gasteiger partial charge in [0.15, 0.2) is 0 Å². The van der Waals surface area contributed by atoms with Gasteiger partial charge >= 0.3 is 0 Å². The van der Waals surface area contributed by atoms with E-state index >= 15 is 0 Å². The second-order valence-electron chi connectivity index (χ2n) is 4.32. The molecule has 5 heteroatoms. The number of aromatic nitrogens is 2. The second-order valence-corrected chi connectivity index (χ2v) is 4.32. The number of aliphatic hydroxyl groups is 1. The highest BCUT2D eigenvalue weighted by Crippen LogP contribution is 2.20. The summed E-state index contributed by atoms with van der Waals surface area (Å²) in [5, 5.41) is 12.8. The van der Waals surface area contributed by atoms with Gasteiger partial charge in [-0.05, 0) is 18.8 Å². The van der Waals surface area contributed by atoms with Gasteiger partial charge in [-0.25, -0.2) is 0 Å². The molecule has 1 unspecified atom stereocenters. The molecule has 1 aliphatic rings. The molecule has 1 N–H and O–H groups in total. The molecule has 1 saturated heterocycles. The summed E-state index contributed by atoms with van der Waals surface area (Å²) < 4.78 is 1.63. The molecular weight excluding hydrogens is 206 g/mol. The molecule has 5 nitrogen and oxygen atoms in total. The lowest BCUT2D eigenvalue weighted by Gasteiger charge is -2.15. The van der Waals surface area contributed by atoms with Crippen LogP contribution in [0.25, 0.3) is 0 Å². The summed E-state index contributed by atoms with van der Waals surface area (Å²) >= 11 is 0. The summed E-state index contributed by atoms with van der Waals surface area (Å²) in [6.07, 6.45) is 5.12. The zero-order chi connectivity index (χ0) is 11.5. The third-order valence-electron chi connectivity index (χ3n) is 3.06. The lowest BCUT2D eigenvalue weighted by molar-refractivity contribution is 0.0784. The third-order valence-corrected chi connectivity index (χ3v) is 3.06. The lowest BCUT2D eigenvalue weighted by atomic mass is 10.1. The van der Waals surface area contributed by atoms with Crippen molar-refractivity contribution in [2.45, 2.75) is 12.8 Å². The van der Waals surface area contributed by atoms with Crippen LogP contribution in [0.4, 0.5) is 0 Å². The van der Waals surface area contributed by atoms with E-state index in [4.69, 9.17) is 5.11 Å². The molecule has 1 aromatic rings. The lowest BCUT2D eigenvalue weighted by Crippen LogP contribution is -2.28. The van der Waals surface area contributed by atoms with Crippen LogP contribution in [0.3, 0.4) is 0 Å². The standard InChI is InChI=1S/C11H17N3O2/c1-13-8-10(6-12-13)11(16)14-4-2-9(7-14)3-5-15/h6,8-9,15H,2-5,7H2,1H3. The van der Waals surface area contributed by atoms with Gasteiger partial charge in [0.25, 0.3) is 5.91 Å². The zero-order valence-electron chi connectivity index (χ0n) is 9.46. The molecule has 1 amide bonds. The van der Waals surface area contributed by atoms with Crippen molar-refractivity contribution < 1.29 is 9.90 Å². The molecule has 0 saturated carbocycles. The SMILES string of the molecule is Cn1cc(C(=O)N2CCC(CCO)C2)cn1. The van der Waals surface area contributed by atoms with Gasteiger partial charge in [-0.2, -0.15) is 5.10 Å². The molecule has 2 rings (SSSR count). The highest BCUT2D eigenvalue weighted by atomic mass is 16.3. The number of aliphatic hydroxyl groups excluding tert-OH is 1. The fraction of sp³-hybridized carbons (Fsp3) is 0.636. The molecule has 1 fully saturated rings. The van der Waals surface area contributed by atoms with E-state index < -0.39 is 0 Å². The maximum atomic E-state index is 12.0. The third kappa shape index (κ3) is 2.24. The monoisotopic (exact) mass is 223 g/mol. The number of carbonyl (C=O) groups excluding carboxylic acids is 1. The number of carbonyl (C=O) groups is 1. The summed E-state index contributed by atoms with van der Waals surface area (Å²) in [6, 6.07) is 0. The van der Waals surface area contributed by atoms with E-state index in [0.717, 1.165) is 25.9 Å². The number of hydrogen-bond acceptors (Lipinski definition) is 3. The first kappa shape index (κ1) is 11.1. The maximum Gasteiger partial charge on any atom is 0.257 e. The predicted octanol–water partition coefficient (Wildman–Crippen LogP) is 0.265. The van der Waals surface area contributed by atoms with Crippen LogP contribution < -0.4 is 0 Å². The number of amides is 1. The van der Waals surface area contributed by atoms with Crippen molar-refractivity contribution in [3.05, 3.63) is 18.0 Å². The summed E-state index contributed by atoms with van der Waals surface area (Å²) in [7, 11) is 1.80. The van der Waals surface area contributed by atoms with Gasteiger partial charge in [0, 0.05) is 32.9 Å². The van der Waals surface area contributed by atoms with Crippen molar-refractivity contribution in [3.63, 3.8) is 0 Å². The zero-order valence-corrected chi connectivity index (χ0v) is 9.46. The predicted molar refractivity (Wildman–Crippen MR) is 58.9 cm³/mol. The average molecular weight is 223 g/mol. The van der Waals surface area contributed by atoms with Gasteiger partial charge in [0.1, 0.15) is 0 Å². The summed E-state index contributed by atoms with van der Waals surface area (Å²) in [5.41, 5.74) is 0.646. The fourth-order valence-electron chi connectivity index (χ4n) is 2.15. The number of nitrogens with zero attached hydrogens (tertiary/aromatic N) is 3. The number of aryl methyl sites for hydroxylation is 1. The number of hydrogen-bond donors (Lipinski definition) is 1. The summed E-state index contributed by atoms with van der Waals surface area (Å²) in [4.78, 5) is 13.9. The molecule has 16 heavy (non-hydrogen) atoms. The Morgan fingerprint density at radius 1 is 1.69 bits per heavy atom. The Labute approximate surface area is 94.7 Å². The second kappa shape index (κ2) is 4.65. The van der Waals surface area contributed by atoms with E-state index in [1.54, 1.807) is 24.1 Å². The van der Waals surface area contributed by atoms with Gasteiger partial charge in [0.05, 0.1) is 11.8 Å². The van der Waals surface area contributed by atoms with E-state index in [9.17, 15) is 4.79 Å². The van der Waals surface area contributed by atoms with Gasteiger partial charge in [-0.1, -0.05) is 0 Å². The summed E-state index contributed by atoms with van der Waals surface area (Å²) in [6.45, 7) is 1.76. The number of likely N-dealkylation sites (tertiary alicyclic amines) is 1. The largest absolute Gasteiger partial charge is 0.396 e. The van der Waals surface area contributed by atoms with Gasteiger partial charge in [0.2, 0.25) is 0 Å². The Balaban J connectivity index is 1.97. The first-order valence-electron chi connectivity index (χ1n) is 5.59. The van der Waals surface area contributed by atoms with Crippen molar-refractivity contribution in [1.29, 1.82) is 0 Å². The van der Waals surface area contributed by atoms with Crippen molar-refractivity contribution in [2.24, 2.45) is 13.0 Å². The van der Waals surface area contributed by atoms with Crippen LogP contribution in [0, 0.1) is 5.92 Å². The molecular formula is C11H17N3O2. The van der Waals surface area contributed by atoms with Gasteiger partial charge in [-0.15, -0.1) is 0 Å². The normalized spacial score (nSPS) is 20.4. The van der Waals surface area contributed by atoms with Crippen LogP contribution in [0.15, 0.2) is 12.4 Å². The van der Waals surface area contributed by atoms with Gasteiger partial charge < -0.3 is 10.0 Å². The van der Waals surface area contributed by atoms with E-state index in [1.807, 2.05) is 4.90 Å². The van der Waals surface area contributed by atoms with Crippen molar-refractivity contribution in [1.82, 2.24) is 14.7 Å². The van der Waals surface area contributed by atoms with Crippen molar-refractivity contribution in [2.75, 3.05) is 19.7 Å². The van der Waals surface area contributed by atoms with Crippen LogP contribution in [0.5, 0.6) is 0 Å². The molecule has 88 valence electrons. The maximum absolute atomic E-state index is 12.0. The van der Waals surface area contributed by atoms with Crippen LogP contribution >= 0.6 is 0 Å².